The molecule has 0 amide bonds. The molecule has 0 radical (unpaired) electrons. The molecule has 1 N–H and O–H groups in total. The molecule has 1 fully saturated rings. The number of ether oxygens (including phenoxy) is 3. The number of pyridine rings is 1. The Bertz CT molecular complexity index is 1250. The Kier molecular flexibility index (Phi) is 7.48. The van der Waals surface area contributed by atoms with Gasteiger partial charge in [0.1, 0.15) is 17.9 Å². The molecule has 0 spiro atoms. The van der Waals surface area contributed by atoms with Gasteiger partial charge in [0.25, 0.3) is 5.56 Å². The Morgan fingerprint density at radius 2 is 2.06 bits per heavy atom. The Balaban J connectivity index is 1.36. The van der Waals surface area contributed by atoms with Crippen LogP contribution in [0, 0.1) is 0 Å². The minimum Gasteiger partial charge on any atom is -0.490 e. The maximum Gasteiger partial charge on any atom is 0.343 e. The van der Waals surface area contributed by atoms with Crippen LogP contribution in [-0.4, -0.2) is 65.2 Å². The highest BCUT2D eigenvalue weighted by atomic mass is 16.5. The third kappa shape index (κ3) is 5.22. The first-order chi connectivity index (χ1) is 17.6. The van der Waals surface area contributed by atoms with E-state index >= 15 is 0 Å². The molecule has 190 valence electrons. The summed E-state index contributed by atoms with van der Waals surface area (Å²) in [7, 11) is 1.35. The van der Waals surface area contributed by atoms with Crippen LogP contribution in [0.5, 0.6) is 5.75 Å². The molecule has 36 heavy (non-hydrogen) atoms. The number of rotatable bonds is 7. The summed E-state index contributed by atoms with van der Waals surface area (Å²) in [5.41, 5.74) is 3.98. The van der Waals surface area contributed by atoms with Crippen molar-refractivity contribution in [3.8, 4) is 17.0 Å². The molecule has 2 aliphatic rings. The van der Waals surface area contributed by atoms with Crippen LogP contribution in [-0.2, 0) is 29.0 Å². The van der Waals surface area contributed by atoms with Gasteiger partial charge in [-0.25, -0.2) is 4.79 Å². The summed E-state index contributed by atoms with van der Waals surface area (Å²) < 4.78 is 18.5. The standard InChI is InChI=1S/C27H32N4O5/c1-34-27(33)25-22-10-11-30(17-20-16-28-29-26(20)19-7-3-2-4-8-19)12-13-31(22)24(32)15-23(25)36-18-21-9-5-6-14-35-21/h2-4,7-8,15-16,21H,5-6,9-14,17-18H2,1H3,(H,28,29). The lowest BCUT2D eigenvalue weighted by molar-refractivity contribution is -0.0114. The number of carbonyl (C=O) groups excluding carboxylic acids is 1. The zero-order chi connectivity index (χ0) is 24.9. The van der Waals surface area contributed by atoms with Crippen molar-refractivity contribution in [1.29, 1.82) is 0 Å². The van der Waals surface area contributed by atoms with E-state index in [9.17, 15) is 9.59 Å². The van der Waals surface area contributed by atoms with Crippen LogP contribution in [0.25, 0.3) is 11.3 Å². The third-order valence-corrected chi connectivity index (χ3v) is 6.95. The van der Waals surface area contributed by atoms with Gasteiger partial charge in [0.15, 0.2) is 0 Å². The predicted octanol–water partition coefficient (Wildman–Crippen LogP) is 3.03. The van der Waals surface area contributed by atoms with Crippen LogP contribution in [0.1, 0.15) is 40.9 Å². The monoisotopic (exact) mass is 492 g/mol. The maximum absolute atomic E-state index is 13.1. The second-order valence-corrected chi connectivity index (χ2v) is 9.27. The molecule has 2 aliphatic heterocycles. The highest BCUT2D eigenvalue weighted by Crippen LogP contribution is 2.27. The number of H-pyrrole nitrogens is 1. The lowest BCUT2D eigenvalue weighted by Crippen LogP contribution is -2.30. The minimum atomic E-state index is -0.493. The van der Waals surface area contributed by atoms with Gasteiger partial charge in [-0.15, -0.1) is 0 Å². The Labute approximate surface area is 210 Å². The fourth-order valence-corrected chi connectivity index (χ4v) is 5.04. The van der Waals surface area contributed by atoms with Gasteiger partial charge in [-0.2, -0.15) is 5.10 Å². The number of carbonyl (C=O) groups is 1. The van der Waals surface area contributed by atoms with Crippen molar-refractivity contribution in [3.63, 3.8) is 0 Å². The SMILES string of the molecule is COC(=O)c1c(OCC2CCCCO2)cc(=O)n2c1CCN(Cc1cn[nH]c1-c1ccccc1)CC2. The lowest BCUT2D eigenvalue weighted by atomic mass is 10.1. The first-order valence-electron chi connectivity index (χ1n) is 12.5. The first kappa shape index (κ1) is 24.3. The number of fused-ring (bicyclic) bond motifs is 1. The van der Waals surface area contributed by atoms with Crippen LogP contribution in [0.3, 0.4) is 0 Å². The van der Waals surface area contributed by atoms with E-state index in [0.29, 0.717) is 57.1 Å². The van der Waals surface area contributed by atoms with Gasteiger partial charge in [-0.1, -0.05) is 30.3 Å². The molecule has 1 aromatic carbocycles. The molecule has 9 heteroatoms. The Hall–Kier alpha value is -3.43. The highest BCUT2D eigenvalue weighted by molar-refractivity contribution is 5.93. The molecule has 1 unspecified atom stereocenters. The van der Waals surface area contributed by atoms with Crippen molar-refractivity contribution in [2.24, 2.45) is 0 Å². The van der Waals surface area contributed by atoms with Gasteiger partial charge in [-0.3, -0.25) is 14.8 Å². The molecule has 5 rings (SSSR count). The summed E-state index contributed by atoms with van der Waals surface area (Å²) in [6.45, 7) is 3.52. The number of hydrogen-bond donors (Lipinski definition) is 1. The first-order valence-corrected chi connectivity index (χ1v) is 12.5. The molecule has 2 aromatic heterocycles. The van der Waals surface area contributed by atoms with Gasteiger partial charge in [0.2, 0.25) is 0 Å². The largest absolute Gasteiger partial charge is 0.490 e. The van der Waals surface area contributed by atoms with Crippen molar-refractivity contribution in [2.45, 2.75) is 44.9 Å². The average molecular weight is 493 g/mol. The van der Waals surface area contributed by atoms with E-state index in [4.69, 9.17) is 14.2 Å². The molecular weight excluding hydrogens is 460 g/mol. The highest BCUT2D eigenvalue weighted by Gasteiger charge is 2.27. The zero-order valence-corrected chi connectivity index (χ0v) is 20.6. The number of nitrogens with one attached hydrogen (secondary N) is 1. The average Bonchev–Trinajstić information content (AvgIpc) is 3.27. The molecule has 4 heterocycles. The molecule has 0 aliphatic carbocycles. The van der Waals surface area contributed by atoms with Gasteiger partial charge in [0.05, 0.1) is 25.1 Å². The van der Waals surface area contributed by atoms with Crippen molar-refractivity contribution >= 4 is 5.97 Å². The number of aromatic nitrogens is 3. The number of nitrogens with zero attached hydrogens (tertiary/aromatic N) is 3. The van der Waals surface area contributed by atoms with Crippen LogP contribution in [0.2, 0.25) is 0 Å². The number of esters is 1. The summed E-state index contributed by atoms with van der Waals surface area (Å²) in [5.74, 6) is -0.213. The minimum absolute atomic E-state index is 0.0323. The summed E-state index contributed by atoms with van der Waals surface area (Å²) >= 11 is 0. The quantitative estimate of drug-likeness (QED) is 0.506. The fourth-order valence-electron chi connectivity index (χ4n) is 5.04. The van der Waals surface area contributed by atoms with Crippen molar-refractivity contribution in [1.82, 2.24) is 19.7 Å². The normalized spacial score (nSPS) is 18.3. The second kappa shape index (κ2) is 11.1. The van der Waals surface area contributed by atoms with Crippen molar-refractivity contribution < 1.29 is 19.0 Å². The number of benzene rings is 1. The molecule has 0 saturated carbocycles. The van der Waals surface area contributed by atoms with Crippen molar-refractivity contribution in [3.05, 3.63) is 69.8 Å². The van der Waals surface area contributed by atoms with Crippen molar-refractivity contribution in [2.75, 3.05) is 33.4 Å². The molecule has 9 nitrogen and oxygen atoms in total. The molecule has 3 aromatic rings. The van der Waals surface area contributed by atoms with Gasteiger partial charge >= 0.3 is 5.97 Å². The van der Waals surface area contributed by atoms with Crippen LogP contribution >= 0.6 is 0 Å². The summed E-state index contributed by atoms with van der Waals surface area (Å²) in [6.07, 6.45) is 5.39. The van der Waals surface area contributed by atoms with Gasteiger partial charge in [-0.05, 0) is 24.8 Å². The number of methoxy groups -OCH3 is 1. The van der Waals surface area contributed by atoms with Crippen LogP contribution in [0.4, 0.5) is 0 Å². The Morgan fingerprint density at radius 1 is 1.19 bits per heavy atom. The lowest BCUT2D eigenvalue weighted by Gasteiger charge is -2.24. The predicted molar refractivity (Wildman–Crippen MR) is 134 cm³/mol. The maximum atomic E-state index is 13.1. The fraction of sp³-hybridized carbons (Fsp3) is 0.444. The topological polar surface area (TPSA) is 98.7 Å². The van der Waals surface area contributed by atoms with E-state index in [1.54, 1.807) is 4.57 Å². The third-order valence-electron chi connectivity index (χ3n) is 6.95. The molecule has 1 saturated heterocycles. The van der Waals surface area contributed by atoms with E-state index in [0.717, 1.165) is 36.1 Å². The van der Waals surface area contributed by atoms with Crippen LogP contribution < -0.4 is 10.3 Å². The molecule has 0 bridgehead atoms. The summed E-state index contributed by atoms with van der Waals surface area (Å²) in [4.78, 5) is 28.2. The van der Waals surface area contributed by atoms with E-state index in [1.165, 1.54) is 13.2 Å². The number of hydrogen-bond acceptors (Lipinski definition) is 7. The van der Waals surface area contributed by atoms with Gasteiger partial charge < -0.3 is 18.8 Å². The number of aromatic amines is 1. The van der Waals surface area contributed by atoms with Crippen LogP contribution in [0.15, 0.2) is 47.4 Å². The molecule has 1 atom stereocenters. The molecular formula is C27H32N4O5. The van der Waals surface area contributed by atoms with E-state index in [1.807, 2.05) is 24.4 Å². The smallest absolute Gasteiger partial charge is 0.343 e. The second-order valence-electron chi connectivity index (χ2n) is 9.27. The Morgan fingerprint density at radius 3 is 2.83 bits per heavy atom. The van der Waals surface area contributed by atoms with Gasteiger partial charge in [0, 0.05) is 56.5 Å². The summed E-state index contributed by atoms with van der Waals surface area (Å²) in [5, 5.41) is 7.38. The van der Waals surface area contributed by atoms with E-state index in [-0.39, 0.29) is 17.4 Å². The zero-order valence-electron chi connectivity index (χ0n) is 20.6. The van der Waals surface area contributed by atoms with E-state index in [2.05, 4.69) is 27.2 Å². The van der Waals surface area contributed by atoms with E-state index < -0.39 is 5.97 Å². The summed E-state index contributed by atoms with van der Waals surface area (Å²) in [6, 6.07) is 11.5.